The van der Waals surface area contributed by atoms with E-state index in [9.17, 15) is 18.0 Å². The number of anilines is 1. The van der Waals surface area contributed by atoms with Crippen molar-refractivity contribution >= 4 is 27.5 Å². The molecule has 1 aliphatic rings. The number of hydrogen-bond donors (Lipinski definition) is 2. The van der Waals surface area contributed by atoms with Crippen LogP contribution in [-0.2, 0) is 21.2 Å². The van der Waals surface area contributed by atoms with E-state index in [2.05, 4.69) is 0 Å². The van der Waals surface area contributed by atoms with Gasteiger partial charge in [0.1, 0.15) is 0 Å². The van der Waals surface area contributed by atoms with Crippen LogP contribution in [0.15, 0.2) is 45.9 Å². The van der Waals surface area contributed by atoms with Crippen LogP contribution in [0.1, 0.15) is 16.1 Å². The highest BCUT2D eigenvalue weighted by molar-refractivity contribution is 7.89. The van der Waals surface area contributed by atoms with Gasteiger partial charge in [-0.2, -0.15) is 4.31 Å². The smallest absolute Gasteiger partial charge is 0.284 e. The predicted octanol–water partition coefficient (Wildman–Crippen LogP) is 0.0363. The zero-order valence-corrected chi connectivity index (χ0v) is 15.3. The van der Waals surface area contributed by atoms with E-state index in [1.165, 1.54) is 16.4 Å². The van der Waals surface area contributed by atoms with Crippen LogP contribution in [0.2, 0.25) is 0 Å². The van der Waals surface area contributed by atoms with Crippen molar-refractivity contribution < 1.29 is 22.4 Å². The molecule has 0 unspecified atom stereocenters. The van der Waals surface area contributed by atoms with Crippen molar-refractivity contribution in [3.63, 3.8) is 0 Å². The van der Waals surface area contributed by atoms with E-state index >= 15 is 0 Å². The highest BCUT2D eigenvalue weighted by atomic mass is 32.2. The number of benzene rings is 1. The SMILES string of the molecule is NC(=O)c1ccc(S(=O)(=O)N2CCN(C(=O)Cc3ccc(N)cc3)CC2)o1. The molecule has 4 N–H and O–H groups in total. The maximum absolute atomic E-state index is 12.6. The molecule has 2 heterocycles. The average molecular weight is 392 g/mol. The fraction of sp³-hybridized carbons (Fsp3) is 0.294. The molecule has 3 rings (SSSR count). The van der Waals surface area contributed by atoms with E-state index in [0.717, 1.165) is 5.56 Å². The lowest BCUT2D eigenvalue weighted by molar-refractivity contribution is -0.131. The van der Waals surface area contributed by atoms with E-state index in [1.54, 1.807) is 29.2 Å². The third-order valence-electron chi connectivity index (χ3n) is 4.34. The molecule has 1 aromatic heterocycles. The van der Waals surface area contributed by atoms with Crippen molar-refractivity contribution in [3.05, 3.63) is 47.7 Å². The third kappa shape index (κ3) is 4.12. The number of nitrogens with two attached hydrogens (primary N) is 2. The van der Waals surface area contributed by atoms with Crippen molar-refractivity contribution in [2.45, 2.75) is 11.5 Å². The van der Waals surface area contributed by atoms with Gasteiger partial charge in [0, 0.05) is 31.9 Å². The number of nitrogens with zero attached hydrogens (tertiary/aromatic N) is 2. The highest BCUT2D eigenvalue weighted by Crippen LogP contribution is 2.20. The van der Waals surface area contributed by atoms with Gasteiger partial charge in [0.15, 0.2) is 5.76 Å². The molecule has 0 radical (unpaired) electrons. The van der Waals surface area contributed by atoms with Gasteiger partial charge in [-0.15, -0.1) is 0 Å². The molecule has 2 amide bonds. The van der Waals surface area contributed by atoms with E-state index in [4.69, 9.17) is 15.9 Å². The first-order valence-electron chi connectivity index (χ1n) is 8.29. The lowest BCUT2D eigenvalue weighted by atomic mass is 10.1. The standard InChI is InChI=1S/C17H20N4O5S/c18-13-3-1-12(2-4-13)11-15(22)20-7-9-21(10-8-20)27(24,25)16-6-5-14(26-16)17(19)23/h1-6H,7-11,18H2,(H2,19,23). The van der Waals surface area contributed by atoms with Gasteiger partial charge in [0.25, 0.3) is 15.9 Å². The minimum absolute atomic E-state index is 0.0779. The molecular formula is C17H20N4O5S. The van der Waals surface area contributed by atoms with Crippen LogP contribution < -0.4 is 11.5 Å². The number of sulfonamides is 1. The summed E-state index contributed by atoms with van der Waals surface area (Å²) in [4.78, 5) is 25.1. The Kier molecular flexibility index (Phi) is 5.19. The third-order valence-corrected chi connectivity index (χ3v) is 6.12. The number of piperazine rings is 1. The van der Waals surface area contributed by atoms with E-state index < -0.39 is 15.9 Å². The average Bonchev–Trinajstić information content (AvgIpc) is 3.15. The molecule has 0 atom stereocenters. The van der Waals surface area contributed by atoms with Crippen LogP contribution in [0.3, 0.4) is 0 Å². The van der Waals surface area contributed by atoms with Gasteiger partial charge >= 0.3 is 0 Å². The van der Waals surface area contributed by atoms with Crippen LogP contribution >= 0.6 is 0 Å². The minimum atomic E-state index is -3.88. The zero-order valence-electron chi connectivity index (χ0n) is 14.5. The molecule has 1 aliphatic heterocycles. The van der Waals surface area contributed by atoms with Crippen molar-refractivity contribution in [2.24, 2.45) is 5.73 Å². The van der Waals surface area contributed by atoms with Crippen LogP contribution in [0.5, 0.6) is 0 Å². The van der Waals surface area contributed by atoms with Crippen molar-refractivity contribution in [2.75, 3.05) is 31.9 Å². The van der Waals surface area contributed by atoms with Crippen molar-refractivity contribution in [1.29, 1.82) is 0 Å². The molecule has 10 heteroatoms. The number of furan rings is 1. The highest BCUT2D eigenvalue weighted by Gasteiger charge is 2.32. The number of nitrogen functional groups attached to an aromatic ring is 1. The summed E-state index contributed by atoms with van der Waals surface area (Å²) in [6, 6.07) is 9.48. The Morgan fingerprint density at radius 1 is 1.00 bits per heavy atom. The molecule has 0 spiro atoms. The summed E-state index contributed by atoms with van der Waals surface area (Å²) in [5.74, 6) is -1.13. The maximum Gasteiger partial charge on any atom is 0.284 e. The first-order valence-corrected chi connectivity index (χ1v) is 9.73. The molecule has 2 aromatic rings. The summed E-state index contributed by atoms with van der Waals surface area (Å²) < 4.78 is 31.4. The molecule has 27 heavy (non-hydrogen) atoms. The van der Waals surface area contributed by atoms with Gasteiger partial charge in [-0.3, -0.25) is 9.59 Å². The number of hydrogen-bond acceptors (Lipinski definition) is 6. The predicted molar refractivity (Wildman–Crippen MR) is 97.1 cm³/mol. The Morgan fingerprint density at radius 3 is 2.19 bits per heavy atom. The van der Waals surface area contributed by atoms with Crippen molar-refractivity contribution in [3.8, 4) is 0 Å². The monoisotopic (exact) mass is 392 g/mol. The molecule has 1 aromatic carbocycles. The molecule has 9 nitrogen and oxygen atoms in total. The second-order valence-corrected chi connectivity index (χ2v) is 8.06. The Balaban J connectivity index is 1.61. The fourth-order valence-corrected chi connectivity index (χ4v) is 4.15. The van der Waals surface area contributed by atoms with Gasteiger partial charge in [0.2, 0.25) is 11.0 Å². The second-order valence-electron chi connectivity index (χ2n) is 6.19. The second kappa shape index (κ2) is 7.41. The van der Waals surface area contributed by atoms with Crippen LogP contribution in [-0.4, -0.2) is 55.6 Å². The number of carbonyl (C=O) groups excluding carboxylic acids is 2. The van der Waals surface area contributed by atoms with Crippen LogP contribution in [0, 0.1) is 0 Å². The Morgan fingerprint density at radius 2 is 1.63 bits per heavy atom. The Hall–Kier alpha value is -2.85. The topological polar surface area (TPSA) is 140 Å². The van der Waals surface area contributed by atoms with E-state index in [0.29, 0.717) is 5.69 Å². The molecule has 1 saturated heterocycles. The summed E-state index contributed by atoms with van der Waals surface area (Å²) in [5.41, 5.74) is 12.2. The maximum atomic E-state index is 12.6. The quantitative estimate of drug-likeness (QED) is 0.688. The van der Waals surface area contributed by atoms with Gasteiger partial charge < -0.3 is 20.8 Å². The summed E-state index contributed by atoms with van der Waals surface area (Å²) in [6.45, 7) is 0.831. The molecule has 0 saturated carbocycles. The van der Waals surface area contributed by atoms with Gasteiger partial charge in [-0.05, 0) is 29.8 Å². The van der Waals surface area contributed by atoms with Crippen LogP contribution in [0.4, 0.5) is 5.69 Å². The summed E-state index contributed by atoms with van der Waals surface area (Å²) in [7, 11) is -3.88. The summed E-state index contributed by atoms with van der Waals surface area (Å²) in [6.07, 6.45) is 0.229. The fourth-order valence-electron chi connectivity index (χ4n) is 2.82. The van der Waals surface area contributed by atoms with E-state index in [-0.39, 0.29) is 49.4 Å². The Labute approximate surface area is 156 Å². The summed E-state index contributed by atoms with van der Waals surface area (Å²) in [5, 5.41) is -0.335. The zero-order chi connectivity index (χ0) is 19.6. The first kappa shape index (κ1) is 18.9. The van der Waals surface area contributed by atoms with Gasteiger partial charge in [-0.25, -0.2) is 8.42 Å². The molecule has 1 fully saturated rings. The normalized spacial score (nSPS) is 15.6. The lowest BCUT2D eigenvalue weighted by Crippen LogP contribution is -2.50. The summed E-state index contributed by atoms with van der Waals surface area (Å²) >= 11 is 0. The molecular weight excluding hydrogens is 372 g/mol. The number of rotatable bonds is 5. The molecule has 0 bridgehead atoms. The molecule has 0 aliphatic carbocycles. The molecule has 144 valence electrons. The number of carbonyl (C=O) groups is 2. The van der Waals surface area contributed by atoms with E-state index in [1.807, 2.05) is 0 Å². The lowest BCUT2D eigenvalue weighted by Gasteiger charge is -2.33. The van der Waals surface area contributed by atoms with Gasteiger partial charge in [0.05, 0.1) is 6.42 Å². The van der Waals surface area contributed by atoms with Crippen molar-refractivity contribution in [1.82, 2.24) is 9.21 Å². The largest absolute Gasteiger partial charge is 0.438 e. The number of amides is 2. The first-order chi connectivity index (χ1) is 12.8. The number of primary amides is 1. The van der Waals surface area contributed by atoms with Crippen LogP contribution in [0.25, 0.3) is 0 Å². The van der Waals surface area contributed by atoms with Gasteiger partial charge in [-0.1, -0.05) is 12.1 Å². The Bertz CT molecular complexity index is 944. The minimum Gasteiger partial charge on any atom is -0.438 e.